The van der Waals surface area contributed by atoms with Crippen molar-refractivity contribution in [2.75, 3.05) is 0 Å². The van der Waals surface area contributed by atoms with Gasteiger partial charge in [0.1, 0.15) is 0 Å². The predicted octanol–water partition coefficient (Wildman–Crippen LogP) is -0.531. The van der Waals surface area contributed by atoms with Crippen molar-refractivity contribution >= 4 is 62.7 Å². The van der Waals surface area contributed by atoms with E-state index in [1.807, 2.05) is 6.92 Å². The summed E-state index contributed by atoms with van der Waals surface area (Å²) in [5.41, 5.74) is 0. The molecule has 3 nitrogen and oxygen atoms in total. The van der Waals surface area contributed by atoms with E-state index in [0.717, 1.165) is 0 Å². The summed E-state index contributed by atoms with van der Waals surface area (Å²) in [5, 5.41) is 13.9. The van der Waals surface area contributed by atoms with Crippen molar-refractivity contribution in [3.8, 4) is 0 Å². The molecule has 0 saturated heterocycles. The molecular formula is C4H11Li3O3. The van der Waals surface area contributed by atoms with Gasteiger partial charge < -0.3 is 10.2 Å². The Kier molecular flexibility index (Phi) is 102. The second-order valence-electron chi connectivity index (χ2n) is 0.691. The fraction of sp³-hybridized carbons (Fsp3) is 0.250. The second-order valence-corrected chi connectivity index (χ2v) is 0.691. The van der Waals surface area contributed by atoms with Crippen LogP contribution in [0.5, 0.6) is 0 Å². The Balaban J connectivity index is -0.0000000131. The van der Waals surface area contributed by atoms with Crippen LogP contribution in [0.4, 0.5) is 4.79 Å². The molecule has 0 saturated carbocycles. The summed E-state index contributed by atoms with van der Waals surface area (Å²) in [4.78, 5) is 8.56. The first-order valence-corrected chi connectivity index (χ1v) is 1.64. The summed E-state index contributed by atoms with van der Waals surface area (Å²) in [7, 11) is 0. The standard InChI is InChI=1S/C3H6.CH2O3.3Li.3H/c1-3-2;2-1(3)4;;;;;;/h3H,1H2,2H3;(H2,2,3,4);;;;;;. The van der Waals surface area contributed by atoms with Crippen LogP contribution < -0.4 is 0 Å². The fourth-order valence-electron chi connectivity index (χ4n) is 0. The Morgan fingerprint density at radius 2 is 1.30 bits per heavy atom. The Bertz CT molecular complexity index is 62.8. The van der Waals surface area contributed by atoms with E-state index in [0.29, 0.717) is 0 Å². The maximum atomic E-state index is 8.56. The molecule has 0 aromatic rings. The number of carbonyl (C=O) groups is 1. The van der Waals surface area contributed by atoms with Crippen LogP contribution in [0, 0.1) is 0 Å². The van der Waals surface area contributed by atoms with Crippen molar-refractivity contribution in [2.24, 2.45) is 0 Å². The molecule has 2 N–H and O–H groups in total. The zero-order valence-corrected chi connectivity index (χ0v) is 4.09. The molecule has 48 valence electrons. The van der Waals surface area contributed by atoms with Gasteiger partial charge in [0, 0.05) is 0 Å². The van der Waals surface area contributed by atoms with Gasteiger partial charge in [0.15, 0.2) is 0 Å². The van der Waals surface area contributed by atoms with E-state index >= 15 is 0 Å². The van der Waals surface area contributed by atoms with Crippen molar-refractivity contribution < 1.29 is 15.0 Å². The van der Waals surface area contributed by atoms with E-state index in [-0.39, 0.29) is 56.6 Å². The summed E-state index contributed by atoms with van der Waals surface area (Å²) in [5.74, 6) is 0. The molecule has 0 aromatic carbocycles. The number of rotatable bonds is 0. The maximum absolute atomic E-state index is 8.56. The van der Waals surface area contributed by atoms with Crippen LogP contribution in [0.15, 0.2) is 12.7 Å². The molecule has 0 aliphatic rings. The molecule has 0 aliphatic carbocycles. The van der Waals surface area contributed by atoms with Gasteiger partial charge in [0.25, 0.3) is 0 Å². The van der Waals surface area contributed by atoms with Crippen molar-refractivity contribution in [3.05, 3.63) is 12.7 Å². The fourth-order valence-corrected chi connectivity index (χ4v) is 0. The van der Waals surface area contributed by atoms with Crippen molar-refractivity contribution in [1.29, 1.82) is 0 Å². The van der Waals surface area contributed by atoms with Crippen LogP contribution >= 0.6 is 0 Å². The third kappa shape index (κ3) is 833. The molecule has 0 unspecified atom stereocenters. The summed E-state index contributed by atoms with van der Waals surface area (Å²) in [6.07, 6.45) is -0.0833. The average molecular weight is 128 g/mol. The van der Waals surface area contributed by atoms with Gasteiger partial charge in [-0.1, -0.05) is 6.08 Å². The van der Waals surface area contributed by atoms with E-state index in [4.69, 9.17) is 15.0 Å². The van der Waals surface area contributed by atoms with Gasteiger partial charge in [-0.2, -0.15) is 0 Å². The summed E-state index contributed by atoms with van der Waals surface area (Å²) < 4.78 is 0. The Morgan fingerprint density at radius 3 is 1.30 bits per heavy atom. The van der Waals surface area contributed by atoms with E-state index in [1.165, 1.54) is 0 Å². The Hall–Kier alpha value is 0.802. The van der Waals surface area contributed by atoms with Gasteiger partial charge in [0.2, 0.25) is 0 Å². The third-order valence-corrected chi connectivity index (χ3v) is 0. The van der Waals surface area contributed by atoms with Crippen LogP contribution in [0.3, 0.4) is 0 Å². The molecule has 6 heteroatoms. The SMILES string of the molecule is C=CC.O=C(O)O.[LiH].[LiH].[LiH]. The van der Waals surface area contributed by atoms with E-state index < -0.39 is 6.16 Å². The normalized spacial score (nSPS) is 3.70. The monoisotopic (exact) mass is 128 g/mol. The van der Waals surface area contributed by atoms with Crippen LogP contribution in [-0.4, -0.2) is 73.0 Å². The van der Waals surface area contributed by atoms with Crippen LogP contribution in [0.25, 0.3) is 0 Å². The van der Waals surface area contributed by atoms with Crippen LogP contribution in [-0.2, 0) is 0 Å². The molecule has 0 heterocycles. The average Bonchev–Trinajstić information content (AvgIpc) is 1.33. The molecule has 0 bridgehead atoms. The molecule has 0 radical (unpaired) electrons. The molecule has 0 amide bonds. The molecule has 0 atom stereocenters. The third-order valence-electron chi connectivity index (χ3n) is 0. The molecule has 0 aromatic heterocycles. The zero-order chi connectivity index (χ0) is 6.28. The summed E-state index contributed by atoms with van der Waals surface area (Å²) >= 11 is 0. The van der Waals surface area contributed by atoms with Crippen LogP contribution in [0.2, 0.25) is 0 Å². The van der Waals surface area contributed by atoms with Crippen molar-refractivity contribution in [2.45, 2.75) is 6.92 Å². The van der Waals surface area contributed by atoms with Gasteiger partial charge in [-0.3, -0.25) is 0 Å². The van der Waals surface area contributed by atoms with Gasteiger partial charge in [-0.05, 0) is 6.92 Å². The topological polar surface area (TPSA) is 57.5 Å². The quantitative estimate of drug-likeness (QED) is 0.340. The summed E-state index contributed by atoms with van der Waals surface area (Å²) in [6.45, 7) is 5.25. The number of hydrogen-bond donors (Lipinski definition) is 2. The molecule has 10 heavy (non-hydrogen) atoms. The Labute approximate surface area is 96.8 Å². The van der Waals surface area contributed by atoms with Crippen LogP contribution in [0.1, 0.15) is 6.92 Å². The molecule has 0 fully saturated rings. The summed E-state index contributed by atoms with van der Waals surface area (Å²) in [6, 6.07) is 0. The van der Waals surface area contributed by atoms with Gasteiger partial charge in [-0.25, -0.2) is 4.79 Å². The van der Waals surface area contributed by atoms with E-state index in [9.17, 15) is 0 Å². The first-order chi connectivity index (χ1) is 3.15. The Morgan fingerprint density at radius 1 is 1.30 bits per heavy atom. The van der Waals surface area contributed by atoms with Gasteiger partial charge >= 0.3 is 62.7 Å². The van der Waals surface area contributed by atoms with Crippen molar-refractivity contribution in [1.82, 2.24) is 0 Å². The molecule has 0 rings (SSSR count). The molecular weight excluding hydrogens is 117 g/mol. The number of allylic oxidation sites excluding steroid dienone is 1. The van der Waals surface area contributed by atoms with E-state index in [1.54, 1.807) is 6.08 Å². The molecule has 0 spiro atoms. The number of carboxylic acid groups (broad SMARTS) is 2. The van der Waals surface area contributed by atoms with Crippen molar-refractivity contribution in [3.63, 3.8) is 0 Å². The predicted molar refractivity (Wildman–Crippen MR) is 48.0 cm³/mol. The zero-order valence-electron chi connectivity index (χ0n) is 4.09. The first kappa shape index (κ1) is 30.8. The molecule has 0 aliphatic heterocycles. The van der Waals surface area contributed by atoms with Gasteiger partial charge in [-0.15, -0.1) is 6.58 Å². The first-order valence-electron chi connectivity index (χ1n) is 1.64. The second kappa shape index (κ2) is 32.9. The minimum absolute atomic E-state index is 0. The van der Waals surface area contributed by atoms with Gasteiger partial charge in [0.05, 0.1) is 0 Å². The number of hydrogen-bond acceptors (Lipinski definition) is 1. The minimum atomic E-state index is -1.83. The van der Waals surface area contributed by atoms with E-state index in [2.05, 4.69) is 6.58 Å².